The summed E-state index contributed by atoms with van der Waals surface area (Å²) in [5, 5.41) is 0. The van der Waals surface area contributed by atoms with Crippen molar-refractivity contribution >= 4 is 5.91 Å². The van der Waals surface area contributed by atoms with Crippen LogP contribution in [0.2, 0.25) is 0 Å². The minimum absolute atomic E-state index is 0.0271. The zero-order valence-corrected chi connectivity index (χ0v) is 11.1. The van der Waals surface area contributed by atoms with Crippen molar-refractivity contribution < 1.29 is 9.53 Å². The highest BCUT2D eigenvalue weighted by Gasteiger charge is 2.43. The molecule has 2 aliphatic heterocycles. The van der Waals surface area contributed by atoms with E-state index < -0.39 is 0 Å². The molecular formula is C13H24N2O2. The summed E-state index contributed by atoms with van der Waals surface area (Å²) < 4.78 is 5.70. The Labute approximate surface area is 103 Å². The van der Waals surface area contributed by atoms with Gasteiger partial charge < -0.3 is 15.4 Å². The zero-order valence-electron chi connectivity index (χ0n) is 11.1. The Morgan fingerprint density at radius 1 is 1.47 bits per heavy atom. The smallest absolute Gasteiger partial charge is 0.252 e. The van der Waals surface area contributed by atoms with Gasteiger partial charge in [0.05, 0.1) is 6.10 Å². The number of rotatable bonds is 2. The van der Waals surface area contributed by atoms with E-state index in [1.54, 1.807) is 0 Å². The summed E-state index contributed by atoms with van der Waals surface area (Å²) >= 11 is 0. The highest BCUT2D eigenvalue weighted by molar-refractivity contribution is 5.82. The van der Waals surface area contributed by atoms with Crippen molar-refractivity contribution in [3.8, 4) is 0 Å². The molecule has 2 rings (SSSR count). The fourth-order valence-electron chi connectivity index (χ4n) is 3.21. The largest absolute Gasteiger partial charge is 0.364 e. The molecule has 2 heterocycles. The van der Waals surface area contributed by atoms with Crippen LogP contribution in [0.25, 0.3) is 0 Å². The van der Waals surface area contributed by atoms with Crippen LogP contribution in [0.4, 0.5) is 0 Å². The Kier molecular flexibility index (Phi) is 3.46. The van der Waals surface area contributed by atoms with Gasteiger partial charge >= 0.3 is 0 Å². The van der Waals surface area contributed by atoms with Crippen LogP contribution in [0, 0.1) is 5.92 Å². The molecule has 0 aromatic carbocycles. The Hall–Kier alpha value is -0.610. The van der Waals surface area contributed by atoms with Crippen molar-refractivity contribution in [1.82, 2.24) is 4.90 Å². The van der Waals surface area contributed by atoms with Crippen molar-refractivity contribution in [1.29, 1.82) is 0 Å². The Balaban J connectivity index is 2.01. The molecule has 17 heavy (non-hydrogen) atoms. The number of nitrogens with two attached hydrogens (primary N) is 1. The second-order valence-electron chi connectivity index (χ2n) is 6.13. The number of likely N-dealkylation sites (tertiary alicyclic amines) is 1. The van der Waals surface area contributed by atoms with Gasteiger partial charge in [-0.3, -0.25) is 4.79 Å². The molecule has 4 heteroatoms. The number of carbonyl (C=O) groups is 1. The number of ether oxygens (including phenoxy) is 1. The van der Waals surface area contributed by atoms with Gasteiger partial charge in [-0.2, -0.15) is 0 Å². The van der Waals surface area contributed by atoms with E-state index in [0.717, 1.165) is 25.8 Å². The quantitative estimate of drug-likeness (QED) is 0.787. The van der Waals surface area contributed by atoms with Gasteiger partial charge in [0.1, 0.15) is 6.10 Å². The fourth-order valence-corrected chi connectivity index (χ4v) is 3.21. The average molecular weight is 240 g/mol. The first-order chi connectivity index (χ1) is 7.94. The van der Waals surface area contributed by atoms with Crippen LogP contribution in [-0.2, 0) is 9.53 Å². The summed E-state index contributed by atoms with van der Waals surface area (Å²) in [5.41, 5.74) is 5.55. The summed E-state index contributed by atoms with van der Waals surface area (Å²) in [6.45, 7) is 7.86. The van der Waals surface area contributed by atoms with Crippen LogP contribution in [0.15, 0.2) is 0 Å². The van der Waals surface area contributed by atoms with E-state index in [9.17, 15) is 4.79 Å². The maximum atomic E-state index is 12.4. The highest BCUT2D eigenvalue weighted by Crippen LogP contribution is 2.34. The minimum Gasteiger partial charge on any atom is -0.364 e. The number of nitrogens with zero attached hydrogens (tertiary/aromatic N) is 1. The number of carbonyl (C=O) groups excluding carboxylic acids is 1. The second-order valence-corrected chi connectivity index (χ2v) is 6.13. The molecule has 0 aromatic rings. The lowest BCUT2D eigenvalue weighted by atomic mass is 9.97. The van der Waals surface area contributed by atoms with Gasteiger partial charge in [-0.1, -0.05) is 6.92 Å². The van der Waals surface area contributed by atoms with E-state index in [4.69, 9.17) is 10.5 Å². The van der Waals surface area contributed by atoms with Gasteiger partial charge in [-0.05, 0) is 39.0 Å². The van der Waals surface area contributed by atoms with Crippen LogP contribution in [0.5, 0.6) is 0 Å². The molecule has 98 valence electrons. The lowest BCUT2D eigenvalue weighted by Gasteiger charge is -2.33. The van der Waals surface area contributed by atoms with Gasteiger partial charge in [0.15, 0.2) is 0 Å². The van der Waals surface area contributed by atoms with E-state index in [-0.39, 0.29) is 23.7 Å². The normalized spacial score (nSPS) is 36.5. The molecule has 0 saturated carbocycles. The Morgan fingerprint density at radius 2 is 2.18 bits per heavy atom. The molecule has 3 atom stereocenters. The minimum atomic E-state index is -0.256. The van der Waals surface area contributed by atoms with Gasteiger partial charge in [0.2, 0.25) is 0 Å². The number of hydrogen-bond donors (Lipinski definition) is 1. The predicted molar refractivity (Wildman–Crippen MR) is 66.5 cm³/mol. The van der Waals surface area contributed by atoms with E-state index in [1.807, 2.05) is 4.90 Å². The summed E-state index contributed by atoms with van der Waals surface area (Å²) in [4.78, 5) is 14.4. The SMILES string of the molecule is CC1CN(C(=O)[C@@H]2CC[C@H](CN)O2)C(C)(C)C1. The molecule has 2 N–H and O–H groups in total. The monoisotopic (exact) mass is 240 g/mol. The maximum absolute atomic E-state index is 12.4. The van der Waals surface area contributed by atoms with Gasteiger partial charge in [0.25, 0.3) is 5.91 Å². The van der Waals surface area contributed by atoms with Crippen molar-refractivity contribution in [3.63, 3.8) is 0 Å². The first kappa shape index (κ1) is 12.8. The number of amides is 1. The van der Waals surface area contributed by atoms with Crippen LogP contribution < -0.4 is 5.73 Å². The van der Waals surface area contributed by atoms with Crippen molar-refractivity contribution in [2.24, 2.45) is 11.7 Å². The molecule has 0 radical (unpaired) electrons. The Morgan fingerprint density at radius 3 is 2.65 bits per heavy atom. The average Bonchev–Trinajstić information content (AvgIpc) is 2.81. The van der Waals surface area contributed by atoms with Crippen LogP contribution in [-0.4, -0.2) is 41.6 Å². The lowest BCUT2D eigenvalue weighted by molar-refractivity contribution is -0.146. The van der Waals surface area contributed by atoms with E-state index >= 15 is 0 Å². The molecule has 2 fully saturated rings. The zero-order chi connectivity index (χ0) is 12.6. The summed E-state index contributed by atoms with van der Waals surface area (Å²) in [6, 6.07) is 0. The number of hydrogen-bond acceptors (Lipinski definition) is 3. The third kappa shape index (κ3) is 2.47. The van der Waals surface area contributed by atoms with E-state index in [0.29, 0.717) is 12.5 Å². The molecule has 2 saturated heterocycles. The summed E-state index contributed by atoms with van der Waals surface area (Å²) in [5.74, 6) is 0.746. The lowest BCUT2D eigenvalue weighted by Crippen LogP contribution is -2.47. The van der Waals surface area contributed by atoms with Crippen molar-refractivity contribution in [2.45, 2.75) is 57.8 Å². The third-order valence-electron chi connectivity index (χ3n) is 3.98. The predicted octanol–water partition coefficient (Wildman–Crippen LogP) is 1.14. The van der Waals surface area contributed by atoms with Crippen LogP contribution in [0.1, 0.15) is 40.0 Å². The molecule has 4 nitrogen and oxygen atoms in total. The van der Waals surface area contributed by atoms with Crippen LogP contribution in [0.3, 0.4) is 0 Å². The molecule has 1 amide bonds. The molecule has 2 aliphatic rings. The summed E-state index contributed by atoms with van der Waals surface area (Å²) in [7, 11) is 0. The fraction of sp³-hybridized carbons (Fsp3) is 0.923. The molecule has 0 aliphatic carbocycles. The molecule has 1 unspecified atom stereocenters. The molecular weight excluding hydrogens is 216 g/mol. The topological polar surface area (TPSA) is 55.6 Å². The second kappa shape index (κ2) is 4.58. The van der Waals surface area contributed by atoms with Gasteiger partial charge in [-0.15, -0.1) is 0 Å². The first-order valence-corrected chi connectivity index (χ1v) is 6.61. The van der Waals surface area contributed by atoms with Crippen LogP contribution >= 0.6 is 0 Å². The first-order valence-electron chi connectivity index (χ1n) is 6.61. The highest BCUT2D eigenvalue weighted by atomic mass is 16.5. The molecule has 0 bridgehead atoms. The van der Waals surface area contributed by atoms with Gasteiger partial charge in [0, 0.05) is 18.6 Å². The Bertz CT molecular complexity index is 304. The standard InChI is InChI=1S/C13H24N2O2/c1-9-6-13(2,3)15(8-9)12(16)11-5-4-10(7-14)17-11/h9-11H,4-8,14H2,1-3H3/t9?,10-,11+/m1/s1. The third-order valence-corrected chi connectivity index (χ3v) is 3.98. The van der Waals surface area contributed by atoms with Gasteiger partial charge in [-0.25, -0.2) is 0 Å². The molecule has 0 spiro atoms. The van der Waals surface area contributed by atoms with E-state index in [1.165, 1.54) is 0 Å². The van der Waals surface area contributed by atoms with E-state index in [2.05, 4.69) is 20.8 Å². The molecule has 0 aromatic heterocycles. The van der Waals surface area contributed by atoms with Crippen molar-refractivity contribution in [3.05, 3.63) is 0 Å². The summed E-state index contributed by atoms with van der Waals surface area (Å²) in [6.07, 6.45) is 2.63. The van der Waals surface area contributed by atoms with Crippen molar-refractivity contribution in [2.75, 3.05) is 13.1 Å². The maximum Gasteiger partial charge on any atom is 0.252 e.